The van der Waals surface area contributed by atoms with Crippen LogP contribution in [0.2, 0.25) is 0 Å². The Kier molecular flexibility index (Phi) is 4.47. The minimum Gasteiger partial charge on any atom is -0.280 e. The minimum atomic E-state index is -3.77. The zero-order chi connectivity index (χ0) is 18.1. The highest BCUT2D eigenvalue weighted by atomic mass is 79.9. The summed E-state index contributed by atoms with van der Waals surface area (Å²) in [5, 5.41) is 4.21. The number of rotatable bonds is 5. The molecule has 0 aliphatic heterocycles. The van der Waals surface area contributed by atoms with Gasteiger partial charge in [-0.2, -0.15) is 13.8 Å². The van der Waals surface area contributed by atoms with Gasteiger partial charge in [-0.3, -0.25) is 9.40 Å². The Morgan fingerprint density at radius 1 is 1.15 bits per heavy atom. The van der Waals surface area contributed by atoms with Crippen LogP contribution in [0.4, 0.5) is 5.69 Å². The number of nitrogens with one attached hydrogen (secondary N) is 1. The van der Waals surface area contributed by atoms with Gasteiger partial charge in [0, 0.05) is 11.9 Å². The molecule has 0 radical (unpaired) electrons. The molecule has 0 saturated carbocycles. The van der Waals surface area contributed by atoms with E-state index in [9.17, 15) is 8.42 Å². The van der Waals surface area contributed by atoms with Crippen molar-refractivity contribution in [1.29, 1.82) is 0 Å². The second kappa shape index (κ2) is 6.78. The molecule has 0 aliphatic rings. The van der Waals surface area contributed by atoms with E-state index in [4.69, 9.17) is 0 Å². The highest BCUT2D eigenvalue weighted by molar-refractivity contribution is 9.10. The molecule has 4 aromatic rings. The molecule has 4 rings (SSSR count). The molecule has 0 atom stereocenters. The third-order valence-corrected chi connectivity index (χ3v) is 6.03. The number of nitrogens with zero attached hydrogens (tertiary/aromatic N) is 4. The molecule has 0 saturated heterocycles. The van der Waals surface area contributed by atoms with Gasteiger partial charge in [0.05, 0.1) is 28.9 Å². The molecule has 2 heterocycles. The third-order valence-electron chi connectivity index (χ3n) is 3.66. The SMILES string of the molecule is O=S(=O)(Nc1cccc(Cn2cc(Br)cn2)c1)c1cccc2nsnc12. The normalized spacial score (nSPS) is 11.7. The quantitative estimate of drug-likeness (QED) is 0.503. The molecule has 0 fully saturated rings. The van der Waals surface area contributed by atoms with Gasteiger partial charge in [-0.25, -0.2) is 8.42 Å². The van der Waals surface area contributed by atoms with Gasteiger partial charge in [0.2, 0.25) is 0 Å². The molecule has 0 spiro atoms. The maximum atomic E-state index is 12.8. The lowest BCUT2D eigenvalue weighted by Crippen LogP contribution is -2.13. The van der Waals surface area contributed by atoms with E-state index in [1.807, 2.05) is 12.3 Å². The number of hydrogen-bond acceptors (Lipinski definition) is 6. The molecule has 7 nitrogen and oxygen atoms in total. The molecular weight excluding hydrogens is 438 g/mol. The van der Waals surface area contributed by atoms with E-state index in [0.717, 1.165) is 21.8 Å². The van der Waals surface area contributed by atoms with Crippen LogP contribution in [0.25, 0.3) is 11.0 Å². The van der Waals surface area contributed by atoms with Crippen LogP contribution in [0.5, 0.6) is 0 Å². The average molecular weight is 450 g/mol. The molecule has 26 heavy (non-hydrogen) atoms. The summed E-state index contributed by atoms with van der Waals surface area (Å²) in [6.07, 6.45) is 3.56. The Balaban J connectivity index is 1.62. The number of halogens is 1. The molecule has 0 bridgehead atoms. The van der Waals surface area contributed by atoms with Crippen LogP contribution in [-0.4, -0.2) is 26.9 Å². The first-order valence-electron chi connectivity index (χ1n) is 7.52. The Morgan fingerprint density at radius 3 is 2.81 bits per heavy atom. The van der Waals surface area contributed by atoms with Crippen LogP contribution < -0.4 is 4.72 Å². The number of hydrogen-bond donors (Lipinski definition) is 1. The van der Waals surface area contributed by atoms with E-state index in [1.165, 1.54) is 6.07 Å². The molecular formula is C16H12BrN5O2S2. The smallest absolute Gasteiger partial charge is 0.264 e. The second-order valence-corrected chi connectivity index (χ2v) is 8.65. The fourth-order valence-corrected chi connectivity index (χ4v) is 4.70. The summed E-state index contributed by atoms with van der Waals surface area (Å²) in [5.74, 6) is 0. The van der Waals surface area contributed by atoms with Crippen molar-refractivity contribution in [3.63, 3.8) is 0 Å². The lowest BCUT2D eigenvalue weighted by atomic mass is 10.2. The summed E-state index contributed by atoms with van der Waals surface area (Å²) >= 11 is 4.35. The molecule has 10 heteroatoms. The van der Waals surface area contributed by atoms with Crippen molar-refractivity contribution in [3.8, 4) is 0 Å². The Morgan fingerprint density at radius 2 is 2.00 bits per heavy atom. The summed E-state index contributed by atoms with van der Waals surface area (Å²) in [6, 6.07) is 12.1. The van der Waals surface area contributed by atoms with Gasteiger partial charge in [0.15, 0.2) is 0 Å². The van der Waals surface area contributed by atoms with Crippen LogP contribution in [0.1, 0.15) is 5.56 Å². The number of sulfonamides is 1. The highest BCUT2D eigenvalue weighted by Crippen LogP contribution is 2.24. The Hall–Kier alpha value is -2.30. The van der Waals surface area contributed by atoms with Gasteiger partial charge in [0.1, 0.15) is 15.9 Å². The summed E-state index contributed by atoms with van der Waals surface area (Å²) in [7, 11) is -3.77. The molecule has 0 amide bonds. The topological polar surface area (TPSA) is 89.8 Å². The summed E-state index contributed by atoms with van der Waals surface area (Å²) in [5.41, 5.74) is 2.35. The first-order valence-corrected chi connectivity index (χ1v) is 10.5. The lowest BCUT2D eigenvalue weighted by Gasteiger charge is -2.10. The third kappa shape index (κ3) is 3.48. The first kappa shape index (κ1) is 17.1. The number of benzene rings is 2. The number of anilines is 1. The van der Waals surface area contributed by atoms with Gasteiger partial charge in [-0.05, 0) is 45.8 Å². The van der Waals surface area contributed by atoms with E-state index in [0.29, 0.717) is 23.3 Å². The number of fused-ring (bicyclic) bond motifs is 1. The molecule has 0 unspecified atom stereocenters. The van der Waals surface area contributed by atoms with Crippen molar-refractivity contribution in [3.05, 3.63) is 64.9 Å². The summed E-state index contributed by atoms with van der Waals surface area (Å²) in [4.78, 5) is 0.116. The van der Waals surface area contributed by atoms with Crippen molar-refractivity contribution < 1.29 is 8.42 Å². The minimum absolute atomic E-state index is 0.116. The molecule has 132 valence electrons. The standard InChI is InChI=1S/C16H12BrN5O2S2/c17-12-8-18-22(10-12)9-11-3-1-4-13(7-11)21-26(23,24)15-6-2-5-14-16(15)20-25-19-14/h1-8,10,21H,9H2. The monoisotopic (exact) mass is 449 g/mol. The number of aromatic nitrogens is 4. The van der Waals surface area contributed by atoms with Crippen molar-refractivity contribution in [2.24, 2.45) is 0 Å². The van der Waals surface area contributed by atoms with Crippen molar-refractivity contribution >= 4 is 54.4 Å². The lowest BCUT2D eigenvalue weighted by molar-refractivity contribution is 0.602. The summed E-state index contributed by atoms with van der Waals surface area (Å²) < 4.78 is 39.0. The largest absolute Gasteiger partial charge is 0.280 e. The zero-order valence-corrected chi connectivity index (χ0v) is 16.4. The van der Waals surface area contributed by atoms with Crippen molar-refractivity contribution in [2.45, 2.75) is 11.4 Å². The maximum Gasteiger partial charge on any atom is 0.264 e. The Labute approximate surface area is 162 Å². The van der Waals surface area contributed by atoms with Gasteiger partial charge in [-0.1, -0.05) is 18.2 Å². The molecule has 2 aromatic carbocycles. The fourth-order valence-electron chi connectivity index (χ4n) is 2.55. The fraction of sp³-hybridized carbons (Fsp3) is 0.0625. The van der Waals surface area contributed by atoms with Gasteiger partial charge in [-0.15, -0.1) is 0 Å². The van der Waals surface area contributed by atoms with Crippen molar-refractivity contribution in [1.82, 2.24) is 18.5 Å². The molecule has 0 aliphatic carbocycles. The zero-order valence-electron chi connectivity index (χ0n) is 13.2. The van der Waals surface area contributed by atoms with E-state index in [-0.39, 0.29) is 4.90 Å². The molecule has 2 aromatic heterocycles. The first-order chi connectivity index (χ1) is 12.5. The maximum absolute atomic E-state index is 12.8. The van der Waals surface area contributed by atoms with Gasteiger partial charge < -0.3 is 0 Å². The predicted octanol–water partition coefficient (Wildman–Crippen LogP) is 3.50. The van der Waals surface area contributed by atoms with Crippen LogP contribution in [0.15, 0.2) is 64.2 Å². The second-order valence-electron chi connectivity index (χ2n) is 5.55. The van der Waals surface area contributed by atoms with Crippen LogP contribution in [-0.2, 0) is 16.6 Å². The summed E-state index contributed by atoms with van der Waals surface area (Å²) in [6.45, 7) is 0.534. The predicted molar refractivity (Wildman–Crippen MR) is 104 cm³/mol. The van der Waals surface area contributed by atoms with E-state index in [1.54, 1.807) is 41.2 Å². The van der Waals surface area contributed by atoms with E-state index >= 15 is 0 Å². The van der Waals surface area contributed by atoms with Gasteiger partial charge in [0.25, 0.3) is 10.0 Å². The van der Waals surface area contributed by atoms with Crippen LogP contribution in [0, 0.1) is 0 Å². The molecule has 1 N–H and O–H groups in total. The van der Waals surface area contributed by atoms with E-state index < -0.39 is 10.0 Å². The van der Waals surface area contributed by atoms with Crippen molar-refractivity contribution in [2.75, 3.05) is 4.72 Å². The average Bonchev–Trinajstić information content (AvgIpc) is 3.23. The van der Waals surface area contributed by atoms with Crippen LogP contribution in [0.3, 0.4) is 0 Å². The van der Waals surface area contributed by atoms with E-state index in [2.05, 4.69) is 34.5 Å². The Bertz CT molecular complexity index is 1190. The van der Waals surface area contributed by atoms with Crippen LogP contribution >= 0.6 is 27.7 Å². The van der Waals surface area contributed by atoms with Gasteiger partial charge >= 0.3 is 0 Å². The highest BCUT2D eigenvalue weighted by Gasteiger charge is 2.19.